The molecular weight excluding hydrogens is 285 g/mol. The fourth-order valence-corrected chi connectivity index (χ4v) is 2.52. The third kappa shape index (κ3) is 4.12. The van der Waals surface area contributed by atoms with Crippen molar-refractivity contribution >= 4 is 11.8 Å². The number of aryl methyl sites for hydroxylation is 2. The van der Waals surface area contributed by atoms with Crippen LogP contribution in [0.25, 0.3) is 0 Å². The van der Waals surface area contributed by atoms with Crippen LogP contribution in [0.4, 0.5) is 23.8 Å². The predicted octanol–water partition coefficient (Wildman–Crippen LogP) is 2.97. The first-order chi connectivity index (χ1) is 9.75. The van der Waals surface area contributed by atoms with Crippen LogP contribution in [0.5, 0.6) is 0 Å². The van der Waals surface area contributed by atoms with Crippen molar-refractivity contribution in [2.45, 2.75) is 44.8 Å². The molecule has 0 aromatic carbocycles. The van der Waals surface area contributed by atoms with E-state index in [0.29, 0.717) is 18.7 Å². The third-order valence-electron chi connectivity index (χ3n) is 3.88. The molecule has 1 aliphatic rings. The van der Waals surface area contributed by atoms with E-state index in [0.717, 1.165) is 5.69 Å². The first-order valence-corrected chi connectivity index (χ1v) is 6.90. The van der Waals surface area contributed by atoms with Crippen LogP contribution in [0.3, 0.4) is 0 Å². The number of amides is 2. The third-order valence-corrected chi connectivity index (χ3v) is 3.88. The summed E-state index contributed by atoms with van der Waals surface area (Å²) in [6.07, 6.45) is -3.30. The van der Waals surface area contributed by atoms with E-state index in [1.165, 1.54) is 0 Å². The van der Waals surface area contributed by atoms with Gasteiger partial charge in [-0.3, -0.25) is 10.00 Å². The smallest absolute Gasteiger partial charge is 0.335 e. The lowest BCUT2D eigenvalue weighted by molar-refractivity contribution is -0.182. The fourth-order valence-electron chi connectivity index (χ4n) is 2.52. The Morgan fingerprint density at radius 2 is 1.95 bits per heavy atom. The van der Waals surface area contributed by atoms with Crippen LogP contribution in [-0.2, 0) is 7.05 Å². The average Bonchev–Trinajstić information content (AvgIpc) is 2.67. The quantitative estimate of drug-likeness (QED) is 0.882. The van der Waals surface area contributed by atoms with Crippen molar-refractivity contribution in [1.82, 2.24) is 15.1 Å². The lowest BCUT2D eigenvalue weighted by atomic mass is 9.86. The SMILES string of the molecule is Cc1cc(NC(=O)NC2CCC(C(F)(F)F)CC2)nn1C. The van der Waals surface area contributed by atoms with E-state index in [-0.39, 0.29) is 18.9 Å². The van der Waals surface area contributed by atoms with Gasteiger partial charge in [0.05, 0.1) is 5.92 Å². The molecule has 0 unspecified atom stereocenters. The molecule has 118 valence electrons. The van der Waals surface area contributed by atoms with Crippen molar-refractivity contribution in [1.29, 1.82) is 0 Å². The Morgan fingerprint density at radius 3 is 2.43 bits per heavy atom. The topological polar surface area (TPSA) is 59.0 Å². The molecule has 0 radical (unpaired) electrons. The van der Waals surface area contributed by atoms with Crippen LogP contribution in [0.2, 0.25) is 0 Å². The number of carbonyl (C=O) groups is 1. The maximum absolute atomic E-state index is 12.5. The minimum atomic E-state index is -4.13. The molecule has 0 spiro atoms. The molecule has 1 aromatic rings. The molecular formula is C13H19F3N4O. The molecule has 2 rings (SSSR count). The number of nitrogens with zero attached hydrogens (tertiary/aromatic N) is 2. The van der Waals surface area contributed by atoms with E-state index < -0.39 is 18.1 Å². The van der Waals surface area contributed by atoms with Gasteiger partial charge in [0, 0.05) is 24.8 Å². The number of urea groups is 1. The molecule has 1 fully saturated rings. The number of nitrogens with one attached hydrogen (secondary N) is 2. The second-order valence-corrected chi connectivity index (χ2v) is 5.48. The lowest BCUT2D eigenvalue weighted by Gasteiger charge is -2.30. The number of alkyl halides is 3. The monoisotopic (exact) mass is 304 g/mol. The van der Waals surface area contributed by atoms with Crippen LogP contribution >= 0.6 is 0 Å². The highest BCUT2D eigenvalue weighted by Crippen LogP contribution is 2.37. The van der Waals surface area contributed by atoms with Gasteiger partial charge in [0.15, 0.2) is 5.82 Å². The number of hydrogen-bond acceptors (Lipinski definition) is 2. The highest BCUT2D eigenvalue weighted by molar-refractivity contribution is 5.88. The molecule has 1 heterocycles. The summed E-state index contributed by atoms with van der Waals surface area (Å²) in [6.45, 7) is 1.86. The minimum absolute atomic E-state index is 0.0666. The van der Waals surface area contributed by atoms with Gasteiger partial charge in [-0.15, -0.1) is 0 Å². The maximum atomic E-state index is 12.5. The van der Waals surface area contributed by atoms with Gasteiger partial charge in [0.25, 0.3) is 0 Å². The molecule has 5 nitrogen and oxygen atoms in total. The second kappa shape index (κ2) is 5.95. The molecule has 1 saturated carbocycles. The van der Waals surface area contributed by atoms with Gasteiger partial charge in [0.1, 0.15) is 0 Å². The van der Waals surface area contributed by atoms with E-state index in [2.05, 4.69) is 15.7 Å². The van der Waals surface area contributed by atoms with Gasteiger partial charge in [-0.25, -0.2) is 4.79 Å². The van der Waals surface area contributed by atoms with Crippen LogP contribution in [-0.4, -0.2) is 28.0 Å². The van der Waals surface area contributed by atoms with Crippen molar-refractivity contribution in [2.75, 3.05) is 5.32 Å². The molecule has 0 aliphatic heterocycles. The summed E-state index contributed by atoms with van der Waals surface area (Å²) in [4.78, 5) is 11.8. The van der Waals surface area contributed by atoms with E-state index in [4.69, 9.17) is 0 Å². The zero-order valence-corrected chi connectivity index (χ0v) is 12.0. The van der Waals surface area contributed by atoms with Gasteiger partial charge in [0.2, 0.25) is 0 Å². The van der Waals surface area contributed by atoms with Crippen LogP contribution in [0, 0.1) is 12.8 Å². The number of aromatic nitrogens is 2. The highest BCUT2D eigenvalue weighted by atomic mass is 19.4. The molecule has 21 heavy (non-hydrogen) atoms. The molecule has 0 saturated heterocycles. The van der Waals surface area contributed by atoms with Crippen molar-refractivity contribution < 1.29 is 18.0 Å². The first-order valence-electron chi connectivity index (χ1n) is 6.90. The number of hydrogen-bond donors (Lipinski definition) is 2. The van der Waals surface area contributed by atoms with Crippen LogP contribution in [0.15, 0.2) is 6.07 Å². The summed E-state index contributed by atoms with van der Waals surface area (Å²) < 4.78 is 39.3. The zero-order chi connectivity index (χ0) is 15.6. The van der Waals surface area contributed by atoms with Crippen molar-refractivity contribution in [3.8, 4) is 0 Å². The Morgan fingerprint density at radius 1 is 1.33 bits per heavy atom. The van der Waals surface area contributed by atoms with Crippen molar-refractivity contribution in [3.63, 3.8) is 0 Å². The van der Waals surface area contributed by atoms with Crippen molar-refractivity contribution in [2.24, 2.45) is 13.0 Å². The van der Waals surface area contributed by atoms with Crippen LogP contribution in [0.1, 0.15) is 31.4 Å². The lowest BCUT2D eigenvalue weighted by Crippen LogP contribution is -2.42. The minimum Gasteiger partial charge on any atom is -0.335 e. The molecule has 2 amide bonds. The molecule has 0 bridgehead atoms. The highest BCUT2D eigenvalue weighted by Gasteiger charge is 2.41. The van der Waals surface area contributed by atoms with Gasteiger partial charge >= 0.3 is 12.2 Å². The number of rotatable bonds is 2. The predicted molar refractivity (Wildman–Crippen MR) is 71.9 cm³/mol. The van der Waals surface area contributed by atoms with Gasteiger partial charge in [-0.05, 0) is 32.6 Å². The van der Waals surface area contributed by atoms with E-state index in [1.807, 2.05) is 6.92 Å². The largest absolute Gasteiger partial charge is 0.391 e. The zero-order valence-electron chi connectivity index (χ0n) is 12.0. The first kappa shape index (κ1) is 15.7. The average molecular weight is 304 g/mol. The number of carbonyl (C=O) groups excluding carboxylic acids is 1. The van der Waals surface area contributed by atoms with Gasteiger partial charge in [-0.2, -0.15) is 18.3 Å². The molecule has 2 N–H and O–H groups in total. The summed E-state index contributed by atoms with van der Waals surface area (Å²) in [5.41, 5.74) is 0.899. The summed E-state index contributed by atoms with van der Waals surface area (Å²) in [5, 5.41) is 9.37. The van der Waals surface area contributed by atoms with Gasteiger partial charge in [-0.1, -0.05) is 0 Å². The Labute approximate surface area is 120 Å². The van der Waals surface area contributed by atoms with E-state index >= 15 is 0 Å². The second-order valence-electron chi connectivity index (χ2n) is 5.48. The Balaban J connectivity index is 1.79. The number of halogens is 3. The summed E-state index contributed by atoms with van der Waals surface area (Å²) in [7, 11) is 1.76. The fraction of sp³-hybridized carbons (Fsp3) is 0.692. The van der Waals surface area contributed by atoms with Crippen molar-refractivity contribution in [3.05, 3.63) is 11.8 Å². The summed E-state index contributed by atoms with van der Waals surface area (Å²) in [6, 6.07) is 1.08. The summed E-state index contributed by atoms with van der Waals surface area (Å²) >= 11 is 0. The Bertz CT molecular complexity index is 485. The Kier molecular flexibility index (Phi) is 4.43. The Hall–Kier alpha value is -1.73. The summed E-state index contributed by atoms with van der Waals surface area (Å²) in [5.74, 6) is -0.812. The van der Waals surface area contributed by atoms with Gasteiger partial charge < -0.3 is 5.32 Å². The van der Waals surface area contributed by atoms with E-state index in [9.17, 15) is 18.0 Å². The normalized spacial score (nSPS) is 22.9. The number of anilines is 1. The van der Waals surface area contributed by atoms with E-state index in [1.54, 1.807) is 17.8 Å². The van der Waals surface area contributed by atoms with Crippen LogP contribution < -0.4 is 10.6 Å². The maximum Gasteiger partial charge on any atom is 0.391 e. The molecule has 1 aromatic heterocycles. The molecule has 1 aliphatic carbocycles. The standard InChI is InChI=1S/C13H19F3N4O/c1-8-7-11(19-20(8)2)18-12(21)17-10-5-3-9(4-6-10)13(14,15)16/h7,9-10H,3-6H2,1-2H3,(H2,17,18,19,21). The molecule has 8 heteroatoms. The molecule has 0 atom stereocenters.